The Balaban J connectivity index is 2.57. The van der Waals surface area contributed by atoms with E-state index in [4.69, 9.17) is 0 Å². The molecule has 0 aromatic heterocycles. The highest BCUT2D eigenvalue weighted by Gasteiger charge is 2.27. The molecule has 1 aliphatic rings. The van der Waals surface area contributed by atoms with Crippen molar-refractivity contribution < 1.29 is 5.11 Å². The molecule has 0 aromatic carbocycles. The van der Waals surface area contributed by atoms with Crippen LogP contribution in [-0.2, 0) is 0 Å². The second kappa shape index (κ2) is 8.89. The van der Waals surface area contributed by atoms with E-state index in [2.05, 4.69) is 31.1 Å². The maximum atomic E-state index is 9.27. The van der Waals surface area contributed by atoms with Crippen molar-refractivity contribution in [3.05, 3.63) is 0 Å². The van der Waals surface area contributed by atoms with Crippen LogP contribution in [-0.4, -0.2) is 48.8 Å². The van der Waals surface area contributed by atoms with Crippen molar-refractivity contribution in [1.29, 1.82) is 0 Å². The number of aliphatic hydroxyl groups excluding tert-OH is 1. The van der Waals surface area contributed by atoms with Crippen LogP contribution < -0.4 is 5.32 Å². The number of hydrogen-bond donors (Lipinski definition) is 2. The molecule has 0 aromatic rings. The van der Waals surface area contributed by atoms with Crippen LogP contribution in [0.25, 0.3) is 0 Å². The summed E-state index contributed by atoms with van der Waals surface area (Å²) in [7, 11) is 2.09. The third kappa shape index (κ3) is 4.52. The molecule has 108 valence electrons. The molecular formula is C15H32N2O. The maximum absolute atomic E-state index is 9.27. The Labute approximate surface area is 113 Å². The Bertz CT molecular complexity index is 207. The number of hydrogen-bond acceptors (Lipinski definition) is 3. The molecule has 2 N–H and O–H groups in total. The fourth-order valence-electron chi connectivity index (χ4n) is 3.46. The van der Waals surface area contributed by atoms with Gasteiger partial charge < -0.3 is 10.4 Å². The second-order valence-corrected chi connectivity index (χ2v) is 5.63. The third-order valence-electron chi connectivity index (χ3n) is 4.59. The lowest BCUT2D eigenvalue weighted by atomic mass is 9.84. The maximum Gasteiger partial charge on any atom is 0.0558 e. The molecule has 3 nitrogen and oxygen atoms in total. The molecule has 2 unspecified atom stereocenters. The molecule has 0 heterocycles. The Morgan fingerprint density at radius 1 is 1.22 bits per heavy atom. The molecule has 0 radical (unpaired) electrons. The van der Waals surface area contributed by atoms with Crippen LogP contribution in [0.4, 0.5) is 0 Å². The average Bonchev–Trinajstić information content (AvgIpc) is 2.41. The van der Waals surface area contributed by atoms with Crippen molar-refractivity contribution in [1.82, 2.24) is 10.2 Å². The first-order valence-corrected chi connectivity index (χ1v) is 7.78. The summed E-state index contributed by atoms with van der Waals surface area (Å²) in [5.41, 5.74) is 0. The number of nitrogens with zero attached hydrogens (tertiary/aromatic N) is 1. The van der Waals surface area contributed by atoms with Crippen molar-refractivity contribution in [2.45, 2.75) is 64.5 Å². The lowest BCUT2D eigenvalue weighted by Gasteiger charge is -2.38. The summed E-state index contributed by atoms with van der Waals surface area (Å²) in [6.45, 7) is 6.79. The SMILES string of the molecule is CCC(CC)N(CCO)CC1CCCCC1NC. The van der Waals surface area contributed by atoms with Gasteiger partial charge in [0.15, 0.2) is 0 Å². The zero-order valence-corrected chi connectivity index (χ0v) is 12.5. The van der Waals surface area contributed by atoms with Crippen LogP contribution in [0.3, 0.4) is 0 Å². The molecule has 3 heteroatoms. The predicted octanol–water partition coefficient (Wildman–Crippen LogP) is 2.25. The molecule has 0 spiro atoms. The van der Waals surface area contributed by atoms with Crippen LogP contribution in [0.1, 0.15) is 52.4 Å². The summed E-state index contributed by atoms with van der Waals surface area (Å²) in [6.07, 6.45) is 7.78. The van der Waals surface area contributed by atoms with E-state index in [0.717, 1.165) is 19.0 Å². The summed E-state index contributed by atoms with van der Waals surface area (Å²) < 4.78 is 0. The van der Waals surface area contributed by atoms with Crippen molar-refractivity contribution in [2.75, 3.05) is 26.7 Å². The van der Waals surface area contributed by atoms with Crippen molar-refractivity contribution in [3.8, 4) is 0 Å². The van der Waals surface area contributed by atoms with Crippen LogP contribution in [0.5, 0.6) is 0 Å². The van der Waals surface area contributed by atoms with Gasteiger partial charge in [-0.25, -0.2) is 0 Å². The number of aliphatic hydroxyl groups is 1. The highest BCUT2D eigenvalue weighted by atomic mass is 16.3. The predicted molar refractivity (Wildman–Crippen MR) is 77.8 cm³/mol. The van der Waals surface area contributed by atoms with Gasteiger partial charge in [-0.05, 0) is 38.6 Å². The smallest absolute Gasteiger partial charge is 0.0558 e. The van der Waals surface area contributed by atoms with Gasteiger partial charge in [0.05, 0.1) is 6.61 Å². The molecule has 2 atom stereocenters. The van der Waals surface area contributed by atoms with Gasteiger partial charge in [0, 0.05) is 25.2 Å². The topological polar surface area (TPSA) is 35.5 Å². The minimum atomic E-state index is 0.285. The zero-order chi connectivity index (χ0) is 13.4. The Morgan fingerprint density at radius 2 is 1.89 bits per heavy atom. The summed E-state index contributed by atoms with van der Waals surface area (Å²) >= 11 is 0. The minimum absolute atomic E-state index is 0.285. The van der Waals surface area contributed by atoms with Crippen LogP contribution in [0.15, 0.2) is 0 Å². The van der Waals surface area contributed by atoms with E-state index in [-0.39, 0.29) is 6.61 Å². The van der Waals surface area contributed by atoms with Gasteiger partial charge in [-0.15, -0.1) is 0 Å². The largest absolute Gasteiger partial charge is 0.395 e. The fraction of sp³-hybridized carbons (Fsp3) is 1.00. The Kier molecular flexibility index (Phi) is 7.87. The van der Waals surface area contributed by atoms with Gasteiger partial charge in [0.2, 0.25) is 0 Å². The van der Waals surface area contributed by atoms with Crippen molar-refractivity contribution in [2.24, 2.45) is 5.92 Å². The zero-order valence-electron chi connectivity index (χ0n) is 12.5. The molecule has 0 bridgehead atoms. The van der Waals surface area contributed by atoms with E-state index in [1.165, 1.54) is 38.5 Å². The molecule has 1 saturated carbocycles. The van der Waals surface area contributed by atoms with Crippen LogP contribution in [0.2, 0.25) is 0 Å². The number of rotatable bonds is 8. The van der Waals surface area contributed by atoms with Gasteiger partial charge >= 0.3 is 0 Å². The van der Waals surface area contributed by atoms with Crippen molar-refractivity contribution >= 4 is 0 Å². The Morgan fingerprint density at radius 3 is 2.44 bits per heavy atom. The molecule has 1 aliphatic carbocycles. The molecule has 18 heavy (non-hydrogen) atoms. The van der Waals surface area contributed by atoms with E-state index in [9.17, 15) is 5.11 Å². The van der Waals surface area contributed by atoms with E-state index in [0.29, 0.717) is 12.1 Å². The molecule has 1 fully saturated rings. The van der Waals surface area contributed by atoms with E-state index < -0.39 is 0 Å². The van der Waals surface area contributed by atoms with Gasteiger partial charge in [-0.1, -0.05) is 26.7 Å². The van der Waals surface area contributed by atoms with E-state index in [1.54, 1.807) is 0 Å². The average molecular weight is 256 g/mol. The summed E-state index contributed by atoms with van der Waals surface area (Å²) in [4.78, 5) is 2.51. The Hall–Kier alpha value is -0.120. The fourth-order valence-corrected chi connectivity index (χ4v) is 3.46. The van der Waals surface area contributed by atoms with E-state index in [1.807, 2.05) is 0 Å². The van der Waals surface area contributed by atoms with Crippen LogP contribution in [0, 0.1) is 5.92 Å². The monoisotopic (exact) mass is 256 g/mol. The van der Waals surface area contributed by atoms with Gasteiger partial charge in [-0.2, -0.15) is 0 Å². The summed E-state index contributed by atoms with van der Waals surface area (Å²) in [5.74, 6) is 0.760. The summed E-state index contributed by atoms with van der Waals surface area (Å²) in [5, 5.41) is 12.8. The lowest BCUT2D eigenvalue weighted by molar-refractivity contribution is 0.102. The minimum Gasteiger partial charge on any atom is -0.395 e. The third-order valence-corrected chi connectivity index (χ3v) is 4.59. The first-order chi connectivity index (χ1) is 8.76. The standard InChI is InChI=1S/C15H32N2O/c1-4-14(5-2)17(10-11-18)12-13-8-6-7-9-15(13)16-3/h13-16,18H,4-12H2,1-3H3. The molecular weight excluding hydrogens is 224 g/mol. The first kappa shape index (κ1) is 15.9. The molecule has 0 saturated heterocycles. The molecule has 1 rings (SSSR count). The van der Waals surface area contributed by atoms with Crippen molar-refractivity contribution in [3.63, 3.8) is 0 Å². The number of nitrogens with one attached hydrogen (secondary N) is 1. The lowest BCUT2D eigenvalue weighted by Crippen LogP contribution is -2.46. The van der Waals surface area contributed by atoms with Gasteiger partial charge in [0.25, 0.3) is 0 Å². The summed E-state index contributed by atoms with van der Waals surface area (Å²) in [6, 6.07) is 1.31. The van der Waals surface area contributed by atoms with E-state index >= 15 is 0 Å². The second-order valence-electron chi connectivity index (χ2n) is 5.63. The normalized spacial score (nSPS) is 25.0. The molecule has 0 amide bonds. The van der Waals surface area contributed by atoms with Crippen LogP contribution >= 0.6 is 0 Å². The van der Waals surface area contributed by atoms with Gasteiger partial charge in [-0.3, -0.25) is 4.90 Å². The highest BCUT2D eigenvalue weighted by molar-refractivity contribution is 4.83. The first-order valence-electron chi connectivity index (χ1n) is 7.78. The molecule has 0 aliphatic heterocycles. The quantitative estimate of drug-likeness (QED) is 0.699. The van der Waals surface area contributed by atoms with Gasteiger partial charge in [0.1, 0.15) is 0 Å². The highest BCUT2D eigenvalue weighted by Crippen LogP contribution is 2.26.